The Hall–Kier alpha value is -2.57. The number of aromatic nitrogens is 1. The minimum absolute atomic E-state index is 0.472. The molecule has 3 rings (SSSR count). The number of aryl methyl sites for hydroxylation is 1. The Morgan fingerprint density at radius 2 is 2.20 bits per heavy atom. The number of benzene rings is 1. The zero-order valence-electron chi connectivity index (χ0n) is 13.8. The van der Waals surface area contributed by atoms with Crippen LogP contribution in [0.1, 0.15) is 10.4 Å². The third kappa shape index (κ3) is 4.49. The smallest absolute Gasteiger partial charge is 0.187 e. The van der Waals surface area contributed by atoms with Crippen LogP contribution in [0.2, 0.25) is 0 Å². The lowest BCUT2D eigenvalue weighted by Crippen LogP contribution is -2.31. The summed E-state index contributed by atoms with van der Waals surface area (Å²) in [7, 11) is 0. The topological polar surface area (TPSA) is 49.3 Å². The fraction of sp³-hybridized carbons (Fsp3) is 0.105. The van der Waals surface area contributed by atoms with Gasteiger partial charge in [-0.2, -0.15) is 5.10 Å². The van der Waals surface area contributed by atoms with Gasteiger partial charge in [0.25, 0.3) is 0 Å². The van der Waals surface area contributed by atoms with Crippen molar-refractivity contribution >= 4 is 45.8 Å². The Bertz CT molecular complexity index is 944. The summed E-state index contributed by atoms with van der Waals surface area (Å²) in [5.41, 5.74) is 7.07. The second-order valence-electron chi connectivity index (χ2n) is 5.50. The Labute approximate surface area is 156 Å². The molecular formula is C19H18N4S2. The van der Waals surface area contributed by atoms with Gasteiger partial charge >= 0.3 is 0 Å². The lowest BCUT2D eigenvalue weighted by molar-refractivity contribution is 0.942. The van der Waals surface area contributed by atoms with Gasteiger partial charge in [-0.25, -0.2) is 4.98 Å². The van der Waals surface area contributed by atoms with Crippen molar-refractivity contribution in [2.24, 2.45) is 5.10 Å². The van der Waals surface area contributed by atoms with E-state index in [-0.39, 0.29) is 0 Å². The van der Waals surface area contributed by atoms with Crippen LogP contribution in [0.4, 0.5) is 0 Å². The second kappa shape index (κ2) is 8.00. The molecule has 2 N–H and O–H groups in total. The Morgan fingerprint density at radius 1 is 1.32 bits per heavy atom. The molecule has 0 unspecified atom stereocenters. The van der Waals surface area contributed by atoms with Crippen molar-refractivity contribution in [3.63, 3.8) is 0 Å². The van der Waals surface area contributed by atoms with E-state index >= 15 is 0 Å². The molecule has 1 aromatic carbocycles. The van der Waals surface area contributed by atoms with E-state index in [0.29, 0.717) is 11.7 Å². The molecule has 25 heavy (non-hydrogen) atoms. The molecule has 0 saturated carbocycles. The first-order valence-electron chi connectivity index (χ1n) is 7.80. The second-order valence-corrected chi connectivity index (χ2v) is 6.85. The van der Waals surface area contributed by atoms with Crippen molar-refractivity contribution in [1.82, 2.24) is 15.7 Å². The van der Waals surface area contributed by atoms with E-state index < -0.39 is 0 Å². The van der Waals surface area contributed by atoms with Gasteiger partial charge in [-0.1, -0.05) is 23.8 Å². The number of thiophene rings is 1. The molecule has 4 nitrogen and oxygen atoms in total. The maximum atomic E-state index is 5.08. The molecule has 0 aliphatic carbocycles. The zero-order chi connectivity index (χ0) is 17.6. The molecule has 0 atom stereocenters. The highest BCUT2D eigenvalue weighted by molar-refractivity contribution is 7.80. The third-order valence-electron chi connectivity index (χ3n) is 3.53. The van der Waals surface area contributed by atoms with Crippen LogP contribution in [-0.2, 0) is 0 Å². The van der Waals surface area contributed by atoms with Gasteiger partial charge < -0.3 is 5.32 Å². The fourth-order valence-electron chi connectivity index (χ4n) is 2.32. The molecule has 0 bridgehead atoms. The van der Waals surface area contributed by atoms with Gasteiger partial charge in [0.15, 0.2) is 5.11 Å². The highest BCUT2D eigenvalue weighted by Crippen LogP contribution is 2.25. The fourth-order valence-corrected chi connectivity index (χ4v) is 3.22. The Balaban J connectivity index is 1.71. The van der Waals surface area contributed by atoms with E-state index in [0.717, 1.165) is 27.0 Å². The van der Waals surface area contributed by atoms with Crippen LogP contribution in [0.15, 0.2) is 59.5 Å². The molecular weight excluding hydrogens is 348 g/mol. The van der Waals surface area contributed by atoms with Crippen LogP contribution in [0.25, 0.3) is 22.2 Å². The number of rotatable bonds is 5. The van der Waals surface area contributed by atoms with Crippen LogP contribution < -0.4 is 10.7 Å². The van der Waals surface area contributed by atoms with Crippen molar-refractivity contribution in [3.05, 3.63) is 64.9 Å². The van der Waals surface area contributed by atoms with Crippen molar-refractivity contribution < 1.29 is 0 Å². The standard InChI is InChI=1S/C19H18N4S2/c1-3-8-20-19(24)23-21-11-16-10-15(12-25-16)18-7-5-14-9-13(2)4-6-17(14)22-18/h3-7,9-12H,1,8H2,2H3,(H2,20,23,24)/b21-11+. The maximum Gasteiger partial charge on any atom is 0.187 e. The van der Waals surface area contributed by atoms with Crippen LogP contribution >= 0.6 is 23.6 Å². The molecule has 0 radical (unpaired) electrons. The number of pyridine rings is 1. The summed E-state index contributed by atoms with van der Waals surface area (Å²) in [6, 6.07) is 12.5. The molecule has 0 fully saturated rings. The first-order chi connectivity index (χ1) is 12.2. The first-order valence-corrected chi connectivity index (χ1v) is 9.08. The van der Waals surface area contributed by atoms with E-state index in [9.17, 15) is 0 Å². The number of hydrazone groups is 1. The number of thiocarbonyl (C=S) groups is 1. The van der Waals surface area contributed by atoms with Crippen molar-refractivity contribution in [1.29, 1.82) is 0 Å². The Kier molecular flexibility index (Phi) is 5.53. The molecule has 3 aromatic rings. The number of hydrogen-bond donors (Lipinski definition) is 2. The summed E-state index contributed by atoms with van der Waals surface area (Å²) in [5, 5.41) is 10.8. The highest BCUT2D eigenvalue weighted by atomic mass is 32.1. The van der Waals surface area contributed by atoms with Gasteiger partial charge in [-0.05, 0) is 43.4 Å². The molecule has 0 saturated heterocycles. The van der Waals surface area contributed by atoms with Crippen LogP contribution in [0, 0.1) is 6.92 Å². The summed E-state index contributed by atoms with van der Waals surface area (Å²) in [4.78, 5) is 5.78. The van der Waals surface area contributed by atoms with Crippen LogP contribution in [-0.4, -0.2) is 22.9 Å². The predicted molar refractivity (Wildman–Crippen MR) is 111 cm³/mol. The molecule has 126 valence electrons. The van der Waals surface area contributed by atoms with Gasteiger partial charge in [0.2, 0.25) is 0 Å². The Morgan fingerprint density at radius 3 is 3.04 bits per heavy atom. The van der Waals surface area contributed by atoms with E-state index in [1.165, 1.54) is 5.56 Å². The lowest BCUT2D eigenvalue weighted by atomic mass is 10.1. The minimum atomic E-state index is 0.472. The zero-order valence-corrected chi connectivity index (χ0v) is 15.5. The lowest BCUT2D eigenvalue weighted by Gasteiger charge is -2.02. The summed E-state index contributed by atoms with van der Waals surface area (Å²) in [5.74, 6) is 0. The average Bonchev–Trinajstić information content (AvgIpc) is 3.08. The summed E-state index contributed by atoms with van der Waals surface area (Å²) in [6.07, 6.45) is 3.49. The summed E-state index contributed by atoms with van der Waals surface area (Å²) in [6.45, 7) is 6.32. The van der Waals surface area contributed by atoms with E-state index in [1.54, 1.807) is 23.6 Å². The van der Waals surface area contributed by atoms with Gasteiger partial charge in [0.05, 0.1) is 17.4 Å². The van der Waals surface area contributed by atoms with Crippen molar-refractivity contribution in [2.45, 2.75) is 6.92 Å². The van der Waals surface area contributed by atoms with Crippen molar-refractivity contribution in [2.75, 3.05) is 6.54 Å². The highest BCUT2D eigenvalue weighted by Gasteiger charge is 2.04. The monoisotopic (exact) mass is 366 g/mol. The number of nitrogens with zero attached hydrogens (tertiary/aromatic N) is 2. The SMILES string of the molecule is C=CCNC(=S)N/N=C/c1cc(-c2ccc3cc(C)ccc3n2)cs1. The van der Waals surface area contributed by atoms with Crippen molar-refractivity contribution in [3.8, 4) is 11.3 Å². The first kappa shape index (κ1) is 17.3. The van der Waals surface area contributed by atoms with Gasteiger partial charge in [0, 0.05) is 27.8 Å². The maximum absolute atomic E-state index is 5.08. The molecule has 0 aliphatic rings. The summed E-state index contributed by atoms with van der Waals surface area (Å²) >= 11 is 6.69. The van der Waals surface area contributed by atoms with E-state index in [2.05, 4.69) is 71.1 Å². The third-order valence-corrected chi connectivity index (χ3v) is 4.63. The molecule has 6 heteroatoms. The normalized spacial score (nSPS) is 10.9. The quantitative estimate of drug-likeness (QED) is 0.307. The number of hydrogen-bond acceptors (Lipinski definition) is 4. The van der Waals surface area contributed by atoms with Crippen LogP contribution in [0.3, 0.4) is 0 Å². The molecule has 0 spiro atoms. The van der Waals surface area contributed by atoms with Gasteiger partial charge in [-0.15, -0.1) is 17.9 Å². The van der Waals surface area contributed by atoms with E-state index in [4.69, 9.17) is 17.2 Å². The minimum Gasteiger partial charge on any atom is -0.358 e. The number of nitrogens with one attached hydrogen (secondary N) is 2. The summed E-state index contributed by atoms with van der Waals surface area (Å²) < 4.78 is 0. The molecule has 2 heterocycles. The van der Waals surface area contributed by atoms with Gasteiger partial charge in [0.1, 0.15) is 0 Å². The molecule has 2 aromatic heterocycles. The number of fused-ring (bicyclic) bond motifs is 1. The van der Waals surface area contributed by atoms with E-state index in [1.807, 2.05) is 0 Å². The molecule has 0 aliphatic heterocycles. The molecule has 0 amide bonds. The largest absolute Gasteiger partial charge is 0.358 e. The van der Waals surface area contributed by atoms with Gasteiger partial charge in [-0.3, -0.25) is 5.43 Å². The predicted octanol–water partition coefficient (Wildman–Crippen LogP) is 4.26. The average molecular weight is 367 g/mol. The van der Waals surface area contributed by atoms with Crippen LogP contribution in [0.5, 0.6) is 0 Å².